The van der Waals surface area contributed by atoms with Gasteiger partial charge >= 0.3 is 0 Å². The van der Waals surface area contributed by atoms with Gasteiger partial charge in [0.15, 0.2) is 0 Å². The Hall–Kier alpha value is -1.87. The average Bonchev–Trinajstić information content (AvgIpc) is 2.70. The number of benzene rings is 3. The zero-order valence-corrected chi connectivity index (χ0v) is 19.2. The van der Waals surface area contributed by atoms with Gasteiger partial charge in [0.25, 0.3) is 8.32 Å². The highest BCUT2D eigenvalue weighted by Gasteiger charge is 2.50. The molecule has 1 fully saturated rings. The van der Waals surface area contributed by atoms with Gasteiger partial charge < -0.3 is 4.43 Å². The van der Waals surface area contributed by atoms with Crippen molar-refractivity contribution in [3.05, 3.63) is 54.3 Å². The first-order valence-corrected chi connectivity index (χ1v) is 13.4. The van der Waals surface area contributed by atoms with E-state index in [1.165, 1.54) is 43.6 Å². The number of hydrogen-bond acceptors (Lipinski definition) is 1. The van der Waals surface area contributed by atoms with Gasteiger partial charge in [-0.2, -0.15) is 0 Å². The molecule has 3 aromatic carbocycles. The zero-order valence-electron chi connectivity index (χ0n) is 18.2. The third kappa shape index (κ3) is 3.82. The molecule has 0 aromatic heterocycles. The van der Waals surface area contributed by atoms with Crippen molar-refractivity contribution >= 4 is 29.9 Å². The normalized spacial score (nSPS) is 16.2. The summed E-state index contributed by atoms with van der Waals surface area (Å²) < 4.78 is 20.8. The summed E-state index contributed by atoms with van der Waals surface area (Å²) in [7, 11) is -2.00. The van der Waals surface area contributed by atoms with Gasteiger partial charge in [0.05, 0.1) is 0 Å². The number of rotatable bonds is 5. The second-order valence-corrected chi connectivity index (χ2v) is 14.5. The van der Waals surface area contributed by atoms with Crippen LogP contribution in [0.4, 0.5) is 4.39 Å². The van der Waals surface area contributed by atoms with E-state index in [1.807, 2.05) is 6.07 Å². The van der Waals surface area contributed by atoms with Gasteiger partial charge in [-0.05, 0) is 87.4 Å². The van der Waals surface area contributed by atoms with Crippen LogP contribution in [0.25, 0.3) is 21.5 Å². The summed E-state index contributed by atoms with van der Waals surface area (Å²) in [6.07, 6.45) is 6.70. The highest BCUT2D eigenvalue weighted by Crippen LogP contribution is 2.49. The summed E-state index contributed by atoms with van der Waals surface area (Å²) in [4.78, 5) is 0. The minimum atomic E-state index is -2.00. The van der Waals surface area contributed by atoms with Gasteiger partial charge in [0.1, 0.15) is 11.6 Å². The van der Waals surface area contributed by atoms with Crippen LogP contribution in [-0.2, 0) is 0 Å². The van der Waals surface area contributed by atoms with E-state index >= 15 is 0 Å². The van der Waals surface area contributed by atoms with Crippen molar-refractivity contribution in [2.45, 2.75) is 76.4 Å². The quantitative estimate of drug-likeness (QED) is 0.303. The summed E-state index contributed by atoms with van der Waals surface area (Å²) in [6.45, 7) is 9.49. The maximum absolute atomic E-state index is 13.7. The number of hydrogen-bond donors (Lipinski definition) is 0. The second kappa shape index (κ2) is 8.10. The standard InChI is InChI=1S/C26H33FOSi/c1-18(2)29(19(3)4,26-8-6-5-7-9-26)28-25-13-11-21-14-20-10-12-24(27)16-22(20)15-23(21)17-25/h10-19,26H,5-9H2,1-4H3. The topological polar surface area (TPSA) is 9.23 Å². The number of fused-ring (bicyclic) bond motifs is 2. The summed E-state index contributed by atoms with van der Waals surface area (Å²) in [5, 5.41) is 4.32. The van der Waals surface area contributed by atoms with E-state index in [2.05, 4.69) is 58.0 Å². The lowest BCUT2D eigenvalue weighted by Gasteiger charge is -2.46. The van der Waals surface area contributed by atoms with Crippen molar-refractivity contribution in [1.82, 2.24) is 0 Å². The summed E-state index contributed by atoms with van der Waals surface area (Å²) >= 11 is 0. The predicted octanol–water partition coefficient (Wildman–Crippen LogP) is 8.61. The molecule has 0 spiro atoms. The molecular formula is C26H33FOSi. The molecule has 0 saturated heterocycles. The Labute approximate surface area is 175 Å². The molecule has 3 heteroatoms. The van der Waals surface area contributed by atoms with Gasteiger partial charge in [-0.25, -0.2) is 4.39 Å². The molecule has 154 valence electrons. The highest BCUT2D eigenvalue weighted by atomic mass is 28.4. The van der Waals surface area contributed by atoms with Gasteiger partial charge in [0.2, 0.25) is 0 Å². The van der Waals surface area contributed by atoms with E-state index in [0.717, 1.165) is 27.4 Å². The van der Waals surface area contributed by atoms with E-state index in [0.29, 0.717) is 11.1 Å². The molecule has 0 N–H and O–H groups in total. The van der Waals surface area contributed by atoms with Crippen molar-refractivity contribution < 1.29 is 8.82 Å². The van der Waals surface area contributed by atoms with Crippen LogP contribution in [0.5, 0.6) is 5.75 Å². The Balaban J connectivity index is 1.75. The molecular weight excluding hydrogens is 375 g/mol. The van der Waals surface area contributed by atoms with Crippen LogP contribution >= 0.6 is 0 Å². The third-order valence-electron chi connectivity index (χ3n) is 7.07. The molecule has 0 unspecified atom stereocenters. The lowest BCUT2D eigenvalue weighted by atomic mass is 10.0. The Bertz CT molecular complexity index is 996. The van der Waals surface area contributed by atoms with Crippen molar-refractivity contribution in [2.75, 3.05) is 0 Å². The Kier molecular flexibility index (Phi) is 5.70. The molecule has 0 amide bonds. The fourth-order valence-corrected chi connectivity index (χ4v) is 11.4. The van der Waals surface area contributed by atoms with E-state index in [4.69, 9.17) is 4.43 Å². The van der Waals surface area contributed by atoms with Crippen molar-refractivity contribution in [3.63, 3.8) is 0 Å². The van der Waals surface area contributed by atoms with Crippen LogP contribution in [0, 0.1) is 5.82 Å². The van der Waals surface area contributed by atoms with E-state index < -0.39 is 8.32 Å². The lowest BCUT2D eigenvalue weighted by molar-refractivity contribution is 0.409. The summed E-state index contributed by atoms with van der Waals surface area (Å²) in [5.41, 5.74) is 1.89. The first kappa shape index (κ1) is 20.4. The van der Waals surface area contributed by atoms with Crippen molar-refractivity contribution in [1.29, 1.82) is 0 Å². The molecule has 1 aliphatic carbocycles. The fraction of sp³-hybridized carbons (Fsp3) is 0.462. The Morgan fingerprint density at radius 1 is 0.759 bits per heavy atom. The maximum atomic E-state index is 13.7. The summed E-state index contributed by atoms with van der Waals surface area (Å²) in [5.74, 6) is 0.806. The average molecular weight is 409 g/mol. The van der Waals surface area contributed by atoms with Gasteiger partial charge in [-0.3, -0.25) is 0 Å². The van der Waals surface area contributed by atoms with Crippen LogP contribution in [0.1, 0.15) is 59.8 Å². The smallest absolute Gasteiger partial charge is 0.259 e. The van der Waals surface area contributed by atoms with E-state index in [9.17, 15) is 4.39 Å². The Morgan fingerprint density at radius 3 is 2.00 bits per heavy atom. The highest BCUT2D eigenvalue weighted by molar-refractivity contribution is 6.78. The van der Waals surface area contributed by atoms with Gasteiger partial charge in [-0.15, -0.1) is 0 Å². The molecule has 4 rings (SSSR count). The second-order valence-electron chi connectivity index (χ2n) is 9.45. The molecule has 0 bridgehead atoms. The van der Waals surface area contributed by atoms with Crippen LogP contribution in [0.3, 0.4) is 0 Å². The van der Waals surface area contributed by atoms with E-state index in [1.54, 1.807) is 6.07 Å². The van der Waals surface area contributed by atoms with Gasteiger partial charge in [-0.1, -0.05) is 59.1 Å². The molecule has 0 heterocycles. The van der Waals surface area contributed by atoms with Crippen molar-refractivity contribution in [2.24, 2.45) is 0 Å². The zero-order chi connectivity index (χ0) is 20.6. The molecule has 0 radical (unpaired) electrons. The van der Waals surface area contributed by atoms with Crippen LogP contribution in [0.2, 0.25) is 16.6 Å². The third-order valence-corrected chi connectivity index (χ3v) is 13.1. The first-order chi connectivity index (χ1) is 13.9. The molecule has 0 atom stereocenters. The van der Waals surface area contributed by atoms with E-state index in [-0.39, 0.29) is 5.82 Å². The molecule has 1 saturated carbocycles. The lowest BCUT2D eigenvalue weighted by Crippen LogP contribution is -2.52. The number of halogens is 1. The molecule has 1 nitrogen and oxygen atoms in total. The largest absolute Gasteiger partial charge is 0.543 e. The SMILES string of the molecule is CC(C)[Si](Oc1ccc2cc3ccc(F)cc3cc2c1)(C(C)C)C1CCCCC1. The Morgan fingerprint density at radius 2 is 1.34 bits per heavy atom. The monoisotopic (exact) mass is 408 g/mol. The fourth-order valence-electron chi connectivity index (χ4n) is 5.70. The van der Waals surface area contributed by atoms with Crippen LogP contribution < -0.4 is 4.43 Å². The maximum Gasteiger partial charge on any atom is 0.259 e. The van der Waals surface area contributed by atoms with Crippen LogP contribution in [0.15, 0.2) is 48.5 Å². The van der Waals surface area contributed by atoms with Crippen LogP contribution in [-0.4, -0.2) is 8.32 Å². The molecule has 0 aliphatic heterocycles. The first-order valence-electron chi connectivity index (χ1n) is 11.2. The molecule has 1 aliphatic rings. The molecule has 29 heavy (non-hydrogen) atoms. The predicted molar refractivity (Wildman–Crippen MR) is 125 cm³/mol. The van der Waals surface area contributed by atoms with Gasteiger partial charge in [0, 0.05) is 0 Å². The minimum absolute atomic E-state index is 0.187. The molecule has 3 aromatic rings. The summed E-state index contributed by atoms with van der Waals surface area (Å²) in [6, 6.07) is 15.7. The minimum Gasteiger partial charge on any atom is -0.543 e. The van der Waals surface area contributed by atoms with Crippen molar-refractivity contribution in [3.8, 4) is 5.75 Å².